The van der Waals surface area contributed by atoms with Crippen molar-refractivity contribution >= 4 is 21.6 Å². The molecule has 0 unspecified atom stereocenters. The van der Waals surface area contributed by atoms with Crippen molar-refractivity contribution in [2.75, 3.05) is 11.9 Å². The monoisotopic (exact) mass is 297 g/mol. The van der Waals surface area contributed by atoms with Gasteiger partial charge < -0.3 is 10.1 Å². The molecule has 1 heterocycles. The van der Waals surface area contributed by atoms with Gasteiger partial charge in [0.05, 0.1) is 5.69 Å². The van der Waals surface area contributed by atoms with Crippen LogP contribution in [0.1, 0.15) is 45.6 Å². The van der Waals surface area contributed by atoms with Gasteiger partial charge in [-0.1, -0.05) is 29.8 Å². The summed E-state index contributed by atoms with van der Waals surface area (Å²) in [5.74, 6) is 1.47. The van der Waals surface area contributed by atoms with Crippen LogP contribution >= 0.6 is 15.9 Å². The zero-order valence-electron chi connectivity index (χ0n) is 10.9. The molecule has 94 valence electrons. The summed E-state index contributed by atoms with van der Waals surface area (Å²) in [5, 5.41) is 3.46. The second-order valence-corrected chi connectivity index (χ2v) is 6.48. The van der Waals surface area contributed by atoms with Crippen LogP contribution in [0.15, 0.2) is 16.6 Å². The van der Waals surface area contributed by atoms with Gasteiger partial charge in [0.15, 0.2) is 0 Å². The predicted octanol–water partition coefficient (Wildman–Crippen LogP) is 4.55. The first-order valence-corrected chi connectivity index (χ1v) is 6.95. The molecule has 0 bridgehead atoms. The van der Waals surface area contributed by atoms with E-state index in [1.165, 1.54) is 5.56 Å². The molecule has 0 aromatic heterocycles. The molecule has 0 spiro atoms. The number of hydrogen-bond donors (Lipinski definition) is 1. The van der Waals surface area contributed by atoms with Crippen molar-refractivity contribution in [2.45, 2.75) is 45.6 Å². The Hall–Kier alpha value is -0.700. The molecule has 0 amide bonds. The lowest BCUT2D eigenvalue weighted by atomic mass is 10.0. The summed E-state index contributed by atoms with van der Waals surface area (Å²) in [6, 6.07) is 4.26. The molecular weight excluding hydrogens is 278 g/mol. The van der Waals surface area contributed by atoms with Crippen molar-refractivity contribution < 1.29 is 4.74 Å². The zero-order valence-corrected chi connectivity index (χ0v) is 12.5. The summed E-state index contributed by atoms with van der Waals surface area (Å²) >= 11 is 3.57. The number of nitrogens with one attached hydrogen (secondary N) is 1. The van der Waals surface area contributed by atoms with Crippen LogP contribution in [0.3, 0.4) is 0 Å². The number of halogens is 1. The van der Waals surface area contributed by atoms with Gasteiger partial charge in [-0.15, -0.1) is 0 Å². The van der Waals surface area contributed by atoms with Crippen LogP contribution in [-0.4, -0.2) is 12.1 Å². The van der Waals surface area contributed by atoms with E-state index >= 15 is 0 Å². The van der Waals surface area contributed by atoms with Gasteiger partial charge >= 0.3 is 0 Å². The van der Waals surface area contributed by atoms with Crippen molar-refractivity contribution in [3.63, 3.8) is 0 Å². The summed E-state index contributed by atoms with van der Waals surface area (Å²) in [4.78, 5) is 0. The Morgan fingerprint density at radius 1 is 1.35 bits per heavy atom. The molecule has 0 radical (unpaired) electrons. The lowest BCUT2D eigenvalue weighted by molar-refractivity contribution is 0.107. The van der Waals surface area contributed by atoms with E-state index in [0.29, 0.717) is 5.92 Å². The maximum Gasteiger partial charge on any atom is 0.146 e. The van der Waals surface area contributed by atoms with Crippen LogP contribution in [0.4, 0.5) is 5.69 Å². The third-order valence-corrected chi connectivity index (χ3v) is 3.58. The SMILES string of the molecule is CC(C)c1cc(Br)cc2c1OC(C)(C)CCN2. The van der Waals surface area contributed by atoms with E-state index in [2.05, 4.69) is 61.1 Å². The van der Waals surface area contributed by atoms with Crippen LogP contribution in [0.25, 0.3) is 0 Å². The van der Waals surface area contributed by atoms with Crippen LogP contribution in [-0.2, 0) is 0 Å². The van der Waals surface area contributed by atoms with Crippen LogP contribution in [0, 0.1) is 0 Å². The molecule has 0 fully saturated rings. The summed E-state index contributed by atoms with van der Waals surface area (Å²) in [6.07, 6.45) is 1.01. The van der Waals surface area contributed by atoms with E-state index in [1.807, 2.05) is 0 Å². The molecule has 0 saturated carbocycles. The maximum absolute atomic E-state index is 6.21. The van der Waals surface area contributed by atoms with E-state index in [-0.39, 0.29) is 5.60 Å². The molecule has 0 aliphatic carbocycles. The fraction of sp³-hybridized carbons (Fsp3) is 0.571. The van der Waals surface area contributed by atoms with E-state index < -0.39 is 0 Å². The van der Waals surface area contributed by atoms with Crippen molar-refractivity contribution in [1.82, 2.24) is 0 Å². The summed E-state index contributed by atoms with van der Waals surface area (Å²) in [7, 11) is 0. The Kier molecular flexibility index (Phi) is 3.39. The van der Waals surface area contributed by atoms with Gasteiger partial charge in [-0.25, -0.2) is 0 Å². The average Bonchev–Trinajstić information content (AvgIpc) is 2.34. The van der Waals surface area contributed by atoms with Gasteiger partial charge in [-0.2, -0.15) is 0 Å². The van der Waals surface area contributed by atoms with Gasteiger partial charge in [0, 0.05) is 17.4 Å². The van der Waals surface area contributed by atoms with E-state index in [1.54, 1.807) is 0 Å². The highest BCUT2D eigenvalue weighted by Crippen LogP contribution is 2.41. The average molecular weight is 298 g/mol. The first-order valence-electron chi connectivity index (χ1n) is 6.15. The van der Waals surface area contributed by atoms with Gasteiger partial charge in [0.2, 0.25) is 0 Å². The Morgan fingerprint density at radius 3 is 2.71 bits per heavy atom. The molecule has 0 saturated heterocycles. The van der Waals surface area contributed by atoms with Crippen molar-refractivity contribution in [3.8, 4) is 5.75 Å². The maximum atomic E-state index is 6.21. The molecule has 17 heavy (non-hydrogen) atoms. The second-order valence-electron chi connectivity index (χ2n) is 5.56. The zero-order chi connectivity index (χ0) is 12.6. The standard InChI is InChI=1S/C14H20BrNO/c1-9(2)11-7-10(15)8-12-13(11)17-14(3,4)5-6-16-12/h7-9,16H,5-6H2,1-4H3. The number of hydrogen-bond acceptors (Lipinski definition) is 2. The molecule has 1 aromatic carbocycles. The number of benzene rings is 1. The lowest BCUT2D eigenvalue weighted by Gasteiger charge is -2.26. The second kappa shape index (κ2) is 4.52. The minimum atomic E-state index is -0.101. The van der Waals surface area contributed by atoms with Crippen molar-refractivity contribution in [2.24, 2.45) is 0 Å². The molecule has 2 nitrogen and oxygen atoms in total. The van der Waals surface area contributed by atoms with Crippen LogP contribution in [0.5, 0.6) is 5.75 Å². The minimum Gasteiger partial charge on any atom is -0.485 e. The van der Waals surface area contributed by atoms with Crippen molar-refractivity contribution in [1.29, 1.82) is 0 Å². The highest BCUT2D eigenvalue weighted by molar-refractivity contribution is 9.10. The number of rotatable bonds is 1. The van der Waals surface area contributed by atoms with Gasteiger partial charge in [0.1, 0.15) is 11.4 Å². The topological polar surface area (TPSA) is 21.3 Å². The summed E-state index contributed by atoms with van der Waals surface area (Å²) in [6.45, 7) is 9.65. The molecule has 2 rings (SSSR count). The normalized spacial score (nSPS) is 18.0. The third-order valence-electron chi connectivity index (χ3n) is 3.13. The van der Waals surface area contributed by atoms with Crippen LogP contribution in [0.2, 0.25) is 0 Å². The van der Waals surface area contributed by atoms with E-state index in [0.717, 1.165) is 28.9 Å². The fourth-order valence-electron chi connectivity index (χ4n) is 2.11. The predicted molar refractivity (Wildman–Crippen MR) is 76.0 cm³/mol. The molecule has 0 atom stereocenters. The fourth-order valence-corrected chi connectivity index (χ4v) is 2.59. The van der Waals surface area contributed by atoms with Crippen molar-refractivity contribution in [3.05, 3.63) is 22.2 Å². The van der Waals surface area contributed by atoms with Crippen LogP contribution < -0.4 is 10.1 Å². The smallest absolute Gasteiger partial charge is 0.146 e. The molecule has 1 aliphatic rings. The molecule has 1 N–H and O–H groups in total. The summed E-state index contributed by atoms with van der Waals surface area (Å²) in [5.41, 5.74) is 2.26. The highest BCUT2D eigenvalue weighted by atomic mass is 79.9. The van der Waals surface area contributed by atoms with Gasteiger partial charge in [-0.3, -0.25) is 0 Å². The lowest BCUT2D eigenvalue weighted by Crippen LogP contribution is -2.28. The first kappa shape index (κ1) is 12.7. The summed E-state index contributed by atoms with van der Waals surface area (Å²) < 4.78 is 7.32. The number of ether oxygens (including phenoxy) is 1. The van der Waals surface area contributed by atoms with E-state index in [9.17, 15) is 0 Å². The number of fused-ring (bicyclic) bond motifs is 1. The quantitative estimate of drug-likeness (QED) is 0.821. The Balaban J connectivity index is 2.53. The molecule has 3 heteroatoms. The Bertz CT molecular complexity index is 426. The molecular formula is C14H20BrNO. The van der Waals surface area contributed by atoms with Gasteiger partial charge in [-0.05, 0) is 37.5 Å². The Morgan fingerprint density at radius 2 is 2.06 bits per heavy atom. The van der Waals surface area contributed by atoms with Gasteiger partial charge in [0.25, 0.3) is 0 Å². The third kappa shape index (κ3) is 2.76. The highest BCUT2D eigenvalue weighted by Gasteiger charge is 2.27. The number of anilines is 1. The molecule has 1 aromatic rings. The van der Waals surface area contributed by atoms with E-state index in [4.69, 9.17) is 4.74 Å². The first-order chi connectivity index (χ1) is 7.89. The molecule has 1 aliphatic heterocycles. The minimum absolute atomic E-state index is 0.101. The Labute approximate surface area is 112 Å². The largest absolute Gasteiger partial charge is 0.485 e.